The van der Waals surface area contributed by atoms with Gasteiger partial charge in [0.05, 0.1) is 46.9 Å². The number of amides is 1. The molecule has 2 aromatic carbocycles. The molecule has 0 unspecified atom stereocenters. The molecule has 4 rings (SSSR count). The van der Waals surface area contributed by atoms with Crippen LogP contribution in [0.1, 0.15) is 10.4 Å². The van der Waals surface area contributed by atoms with Crippen molar-refractivity contribution in [3.8, 4) is 5.88 Å². The summed E-state index contributed by atoms with van der Waals surface area (Å²) in [6, 6.07) is 7.38. The lowest BCUT2D eigenvalue weighted by molar-refractivity contribution is -0.394. The number of fused-ring (bicyclic) bond motifs is 1. The highest BCUT2D eigenvalue weighted by atomic mass is 35.5. The molecule has 0 atom stereocenters. The molecule has 176 valence electrons. The molecule has 1 N–H and O–H groups in total. The van der Waals surface area contributed by atoms with Gasteiger partial charge < -0.3 is 9.84 Å². The van der Waals surface area contributed by atoms with E-state index in [9.17, 15) is 30.1 Å². The molecule has 1 aromatic heterocycles. The maximum atomic E-state index is 12.6. The summed E-state index contributed by atoms with van der Waals surface area (Å²) in [5, 5.41) is 41.3. The van der Waals surface area contributed by atoms with E-state index in [-0.39, 0.29) is 17.1 Å². The Balaban J connectivity index is 1.71. The standard InChI is InChI=1S/C20H17ClN6O7/c21-13-1-2-17-16(9-13)18(20(29)25(17)11-24-3-5-34-6-4-24)22-23-19(28)12-7-14(26(30)31)10-15(8-12)27(32)33/h1-2,7-10,29H,3-6,11H2. The van der Waals surface area contributed by atoms with E-state index < -0.39 is 27.1 Å². The smallest absolute Gasteiger partial charge is 0.295 e. The van der Waals surface area contributed by atoms with Gasteiger partial charge in [0, 0.05) is 35.6 Å². The first-order valence-corrected chi connectivity index (χ1v) is 10.3. The van der Waals surface area contributed by atoms with Crippen LogP contribution in [-0.4, -0.2) is 56.6 Å². The number of aromatic hydroxyl groups is 1. The molecule has 3 aromatic rings. The van der Waals surface area contributed by atoms with Gasteiger partial charge in [0.15, 0.2) is 5.69 Å². The summed E-state index contributed by atoms with van der Waals surface area (Å²) in [7, 11) is 0. The highest BCUT2D eigenvalue weighted by Gasteiger charge is 2.22. The molecule has 1 fully saturated rings. The highest BCUT2D eigenvalue weighted by molar-refractivity contribution is 6.31. The molecule has 0 aliphatic carbocycles. The number of ether oxygens (including phenoxy) is 1. The number of azo groups is 1. The number of nitro benzene ring substituents is 2. The van der Waals surface area contributed by atoms with Crippen LogP contribution in [0.15, 0.2) is 46.6 Å². The van der Waals surface area contributed by atoms with Crippen LogP contribution < -0.4 is 0 Å². The summed E-state index contributed by atoms with van der Waals surface area (Å²) in [6.07, 6.45) is 0. The summed E-state index contributed by atoms with van der Waals surface area (Å²) in [5.74, 6) is -1.31. The van der Waals surface area contributed by atoms with Crippen LogP contribution in [-0.2, 0) is 11.4 Å². The highest BCUT2D eigenvalue weighted by Crippen LogP contribution is 2.40. The minimum absolute atomic E-state index is 0.0287. The van der Waals surface area contributed by atoms with Gasteiger partial charge >= 0.3 is 0 Å². The summed E-state index contributed by atoms with van der Waals surface area (Å²) in [5.41, 5.74) is -1.09. The topological polar surface area (TPSA) is 166 Å². The molecule has 1 saturated heterocycles. The number of hydrogen-bond donors (Lipinski definition) is 1. The van der Waals surface area contributed by atoms with Crippen molar-refractivity contribution in [1.82, 2.24) is 9.47 Å². The van der Waals surface area contributed by atoms with Crippen LogP contribution >= 0.6 is 11.6 Å². The number of hydrogen-bond acceptors (Lipinski definition) is 9. The predicted molar refractivity (Wildman–Crippen MR) is 120 cm³/mol. The van der Waals surface area contributed by atoms with Gasteiger partial charge in [0.25, 0.3) is 17.3 Å². The Hall–Kier alpha value is -3.94. The number of halogens is 1. The van der Waals surface area contributed by atoms with Gasteiger partial charge in [-0.1, -0.05) is 11.6 Å². The second kappa shape index (κ2) is 9.51. The molecule has 34 heavy (non-hydrogen) atoms. The minimum atomic E-state index is -1.05. The van der Waals surface area contributed by atoms with Crippen LogP contribution in [0, 0.1) is 20.2 Å². The van der Waals surface area contributed by atoms with Crippen molar-refractivity contribution in [3.63, 3.8) is 0 Å². The third-order valence-electron chi connectivity index (χ3n) is 5.23. The lowest BCUT2D eigenvalue weighted by atomic mass is 10.1. The average molecular weight is 489 g/mol. The third-order valence-corrected chi connectivity index (χ3v) is 5.46. The zero-order valence-corrected chi connectivity index (χ0v) is 18.2. The van der Waals surface area contributed by atoms with Crippen LogP contribution in [0.5, 0.6) is 5.88 Å². The second-order valence-electron chi connectivity index (χ2n) is 7.39. The summed E-state index contributed by atoms with van der Waals surface area (Å²) in [6.45, 7) is 2.76. The number of morpholine rings is 1. The van der Waals surface area contributed by atoms with E-state index in [2.05, 4.69) is 15.1 Å². The minimum Gasteiger partial charge on any atom is -0.493 e. The number of non-ortho nitro benzene ring substituents is 2. The zero-order valence-electron chi connectivity index (χ0n) is 17.5. The number of aromatic nitrogens is 1. The molecule has 0 spiro atoms. The van der Waals surface area contributed by atoms with Gasteiger partial charge in [-0.05, 0) is 18.2 Å². The quantitative estimate of drug-likeness (QED) is 0.308. The van der Waals surface area contributed by atoms with Gasteiger partial charge in [-0.15, -0.1) is 10.2 Å². The molecule has 1 aliphatic rings. The molecule has 1 aliphatic heterocycles. The fourth-order valence-corrected chi connectivity index (χ4v) is 3.73. The Morgan fingerprint density at radius 1 is 1.09 bits per heavy atom. The monoisotopic (exact) mass is 488 g/mol. The molecule has 0 radical (unpaired) electrons. The molecule has 13 nitrogen and oxygen atoms in total. The maximum Gasteiger partial charge on any atom is 0.295 e. The van der Waals surface area contributed by atoms with Gasteiger partial charge in [0.2, 0.25) is 5.88 Å². The Morgan fingerprint density at radius 3 is 2.35 bits per heavy atom. The Labute approximate surface area is 196 Å². The van der Waals surface area contributed by atoms with Crippen LogP contribution in [0.4, 0.5) is 17.1 Å². The summed E-state index contributed by atoms with van der Waals surface area (Å²) < 4.78 is 6.93. The first-order valence-electron chi connectivity index (χ1n) is 9.95. The zero-order chi connectivity index (χ0) is 24.4. The fourth-order valence-electron chi connectivity index (χ4n) is 3.56. The van der Waals surface area contributed by atoms with Crippen molar-refractivity contribution in [1.29, 1.82) is 0 Å². The summed E-state index contributed by atoms with van der Waals surface area (Å²) in [4.78, 5) is 35.1. The first kappa shape index (κ1) is 23.2. The van der Waals surface area contributed by atoms with Crippen molar-refractivity contribution >= 4 is 45.5 Å². The normalized spacial score (nSPS) is 14.6. The average Bonchev–Trinajstić information content (AvgIpc) is 3.07. The molecule has 2 heterocycles. The lowest BCUT2D eigenvalue weighted by Gasteiger charge is -2.27. The van der Waals surface area contributed by atoms with Crippen molar-refractivity contribution in [2.45, 2.75) is 6.67 Å². The lowest BCUT2D eigenvalue weighted by Crippen LogP contribution is -2.37. The third kappa shape index (κ3) is 4.71. The molecular formula is C20H17ClN6O7. The number of carbonyl (C=O) groups excluding carboxylic acids is 1. The van der Waals surface area contributed by atoms with E-state index >= 15 is 0 Å². The molecule has 0 saturated carbocycles. The Kier molecular flexibility index (Phi) is 6.49. The Bertz CT molecular complexity index is 1300. The number of nitro groups is 2. The van der Waals surface area contributed by atoms with Crippen molar-refractivity contribution in [3.05, 3.63) is 67.2 Å². The fraction of sp³-hybridized carbons (Fsp3) is 0.250. The van der Waals surface area contributed by atoms with Crippen LogP contribution in [0.3, 0.4) is 0 Å². The van der Waals surface area contributed by atoms with Gasteiger partial charge in [-0.2, -0.15) is 0 Å². The van der Waals surface area contributed by atoms with Crippen molar-refractivity contribution < 1.29 is 24.5 Å². The van der Waals surface area contributed by atoms with E-state index in [1.54, 1.807) is 22.8 Å². The number of nitrogens with zero attached hydrogens (tertiary/aromatic N) is 6. The van der Waals surface area contributed by atoms with E-state index in [4.69, 9.17) is 16.3 Å². The van der Waals surface area contributed by atoms with Crippen LogP contribution in [0.2, 0.25) is 5.02 Å². The van der Waals surface area contributed by atoms with E-state index in [0.717, 1.165) is 18.2 Å². The van der Waals surface area contributed by atoms with Gasteiger partial charge in [0.1, 0.15) is 0 Å². The van der Waals surface area contributed by atoms with Crippen molar-refractivity contribution in [2.75, 3.05) is 26.3 Å². The predicted octanol–water partition coefficient (Wildman–Crippen LogP) is 4.03. The maximum absolute atomic E-state index is 12.6. The number of benzene rings is 2. The number of rotatable bonds is 6. The molecule has 14 heteroatoms. The number of carbonyl (C=O) groups is 1. The first-order chi connectivity index (χ1) is 16.2. The van der Waals surface area contributed by atoms with Crippen LogP contribution in [0.25, 0.3) is 10.9 Å². The molecule has 0 bridgehead atoms. The van der Waals surface area contributed by atoms with Gasteiger partial charge in [-0.3, -0.25) is 34.5 Å². The molecular weight excluding hydrogens is 472 g/mol. The van der Waals surface area contributed by atoms with Crippen molar-refractivity contribution in [2.24, 2.45) is 10.2 Å². The van der Waals surface area contributed by atoms with E-state index in [1.165, 1.54) is 0 Å². The van der Waals surface area contributed by atoms with E-state index in [0.29, 0.717) is 48.9 Å². The molecule has 1 amide bonds. The Morgan fingerprint density at radius 2 is 1.74 bits per heavy atom. The summed E-state index contributed by atoms with van der Waals surface area (Å²) >= 11 is 6.11. The van der Waals surface area contributed by atoms with Gasteiger partial charge in [-0.25, -0.2) is 0 Å². The SMILES string of the molecule is O=C(N=Nc1c(O)n(CN2CCOCC2)c2ccc(Cl)cc12)c1cc([N+](=O)[O-])cc([N+](=O)[O-])c1. The largest absolute Gasteiger partial charge is 0.493 e. The second-order valence-corrected chi connectivity index (χ2v) is 7.83. The van der Waals surface area contributed by atoms with E-state index in [1.807, 2.05) is 0 Å².